The normalized spacial score (nSPS) is 21.6. The Bertz CT molecular complexity index is 326. The van der Waals surface area contributed by atoms with E-state index >= 15 is 0 Å². The summed E-state index contributed by atoms with van der Waals surface area (Å²) in [4.78, 5) is 6.99. The Labute approximate surface area is 103 Å². The maximum Gasteiger partial charge on any atom is 0.205 e. The number of aromatic nitrogens is 2. The van der Waals surface area contributed by atoms with Gasteiger partial charge in [0.15, 0.2) is 0 Å². The van der Waals surface area contributed by atoms with Crippen LogP contribution >= 0.6 is 27.5 Å². The molecule has 1 aromatic rings. The smallest absolute Gasteiger partial charge is 0.205 e. The SMILES string of the molecule is CC(C)c1nsc(N2CCCC2CBr)n1. The molecule has 0 aliphatic carbocycles. The molecule has 3 nitrogen and oxygen atoms in total. The average Bonchev–Trinajstić information content (AvgIpc) is 2.85. The number of hydrogen-bond acceptors (Lipinski definition) is 4. The molecule has 1 atom stereocenters. The Morgan fingerprint density at radius 3 is 3.00 bits per heavy atom. The number of alkyl halides is 1. The molecule has 1 aromatic heterocycles. The molecule has 1 fully saturated rings. The molecule has 15 heavy (non-hydrogen) atoms. The third-order valence-corrected chi connectivity index (χ3v) is 4.26. The molecule has 0 N–H and O–H groups in total. The van der Waals surface area contributed by atoms with Crippen LogP contribution < -0.4 is 4.90 Å². The van der Waals surface area contributed by atoms with Crippen molar-refractivity contribution in [1.29, 1.82) is 0 Å². The van der Waals surface area contributed by atoms with Crippen LogP contribution in [0.25, 0.3) is 0 Å². The van der Waals surface area contributed by atoms with Crippen LogP contribution in [0.15, 0.2) is 0 Å². The summed E-state index contributed by atoms with van der Waals surface area (Å²) in [6, 6.07) is 0.609. The van der Waals surface area contributed by atoms with E-state index in [-0.39, 0.29) is 0 Å². The van der Waals surface area contributed by atoms with Crippen molar-refractivity contribution in [3.05, 3.63) is 5.82 Å². The summed E-state index contributed by atoms with van der Waals surface area (Å²) in [5, 5.41) is 2.13. The van der Waals surface area contributed by atoms with Gasteiger partial charge in [-0.25, -0.2) is 4.98 Å². The van der Waals surface area contributed by atoms with Gasteiger partial charge in [-0.3, -0.25) is 0 Å². The van der Waals surface area contributed by atoms with Crippen LogP contribution in [0.5, 0.6) is 0 Å². The second-order valence-corrected chi connectivity index (χ2v) is 5.61. The molecule has 0 bridgehead atoms. The van der Waals surface area contributed by atoms with Gasteiger partial charge in [-0.05, 0) is 12.8 Å². The molecule has 0 saturated carbocycles. The van der Waals surface area contributed by atoms with E-state index in [1.807, 2.05) is 0 Å². The van der Waals surface area contributed by atoms with Crippen molar-refractivity contribution in [3.8, 4) is 0 Å². The van der Waals surface area contributed by atoms with E-state index in [1.54, 1.807) is 0 Å². The minimum atomic E-state index is 0.431. The van der Waals surface area contributed by atoms with Crippen LogP contribution in [0.2, 0.25) is 0 Å². The molecular weight excluding hydrogens is 274 g/mol. The highest BCUT2D eigenvalue weighted by Crippen LogP contribution is 2.29. The van der Waals surface area contributed by atoms with Gasteiger partial charge in [0.25, 0.3) is 0 Å². The molecule has 0 aromatic carbocycles. The van der Waals surface area contributed by atoms with Crippen molar-refractivity contribution in [1.82, 2.24) is 9.36 Å². The third-order valence-electron chi connectivity index (χ3n) is 2.75. The number of nitrogens with zero attached hydrogens (tertiary/aromatic N) is 3. The van der Waals surface area contributed by atoms with Crippen LogP contribution in [0.1, 0.15) is 38.4 Å². The monoisotopic (exact) mass is 289 g/mol. The van der Waals surface area contributed by atoms with Crippen LogP contribution in [0.3, 0.4) is 0 Å². The summed E-state index contributed by atoms with van der Waals surface area (Å²) in [6.07, 6.45) is 2.54. The van der Waals surface area contributed by atoms with E-state index < -0.39 is 0 Å². The van der Waals surface area contributed by atoms with Crippen LogP contribution in [-0.2, 0) is 0 Å². The fraction of sp³-hybridized carbons (Fsp3) is 0.800. The zero-order valence-corrected chi connectivity index (χ0v) is 11.5. The number of rotatable bonds is 3. The van der Waals surface area contributed by atoms with Crippen LogP contribution in [0, 0.1) is 0 Å². The lowest BCUT2D eigenvalue weighted by Crippen LogP contribution is -2.30. The Balaban J connectivity index is 2.14. The Morgan fingerprint density at radius 2 is 2.40 bits per heavy atom. The van der Waals surface area contributed by atoms with Gasteiger partial charge in [-0.2, -0.15) is 4.37 Å². The molecule has 0 amide bonds. The molecule has 0 spiro atoms. The van der Waals surface area contributed by atoms with Gasteiger partial charge in [-0.15, -0.1) is 0 Å². The minimum Gasteiger partial charge on any atom is -0.343 e. The molecule has 1 unspecified atom stereocenters. The zero-order valence-electron chi connectivity index (χ0n) is 9.11. The van der Waals surface area contributed by atoms with Crippen molar-refractivity contribution in [2.45, 2.75) is 38.6 Å². The van der Waals surface area contributed by atoms with Gasteiger partial charge in [-0.1, -0.05) is 29.8 Å². The summed E-state index contributed by atoms with van der Waals surface area (Å²) in [6.45, 7) is 5.40. The molecule has 1 aliphatic rings. The summed E-state index contributed by atoms with van der Waals surface area (Å²) < 4.78 is 4.40. The lowest BCUT2D eigenvalue weighted by molar-refractivity contribution is 0.739. The topological polar surface area (TPSA) is 29.0 Å². The van der Waals surface area contributed by atoms with Gasteiger partial charge < -0.3 is 4.90 Å². The first kappa shape index (κ1) is 11.3. The van der Waals surface area contributed by atoms with E-state index in [4.69, 9.17) is 0 Å². The van der Waals surface area contributed by atoms with Gasteiger partial charge in [0.05, 0.1) is 0 Å². The summed E-state index contributed by atoms with van der Waals surface area (Å²) >= 11 is 5.10. The van der Waals surface area contributed by atoms with E-state index in [1.165, 1.54) is 24.4 Å². The molecule has 2 heterocycles. The quantitative estimate of drug-likeness (QED) is 0.801. The fourth-order valence-electron chi connectivity index (χ4n) is 1.83. The Kier molecular flexibility index (Phi) is 3.61. The summed E-state index contributed by atoms with van der Waals surface area (Å²) in [5.74, 6) is 1.41. The second kappa shape index (κ2) is 4.78. The number of halogens is 1. The fourth-order valence-corrected chi connectivity index (χ4v) is 3.41. The van der Waals surface area contributed by atoms with E-state index in [9.17, 15) is 0 Å². The highest BCUT2D eigenvalue weighted by atomic mass is 79.9. The lowest BCUT2D eigenvalue weighted by atomic mass is 10.2. The predicted molar refractivity (Wildman–Crippen MR) is 68.2 cm³/mol. The Morgan fingerprint density at radius 1 is 1.60 bits per heavy atom. The predicted octanol–water partition coefficient (Wildman–Crippen LogP) is 3.03. The third kappa shape index (κ3) is 2.33. The van der Waals surface area contributed by atoms with Crippen molar-refractivity contribution in [2.24, 2.45) is 0 Å². The van der Waals surface area contributed by atoms with Crippen molar-refractivity contribution < 1.29 is 0 Å². The van der Waals surface area contributed by atoms with E-state index in [0.29, 0.717) is 12.0 Å². The zero-order chi connectivity index (χ0) is 10.8. The molecule has 5 heteroatoms. The first-order valence-corrected chi connectivity index (χ1v) is 7.28. The van der Waals surface area contributed by atoms with Crippen molar-refractivity contribution in [2.75, 3.05) is 16.8 Å². The van der Waals surface area contributed by atoms with Gasteiger partial charge >= 0.3 is 0 Å². The second-order valence-electron chi connectivity index (χ2n) is 4.23. The lowest BCUT2D eigenvalue weighted by Gasteiger charge is -2.21. The van der Waals surface area contributed by atoms with Gasteiger partial charge in [0.1, 0.15) is 5.82 Å². The van der Waals surface area contributed by atoms with Crippen LogP contribution in [-0.4, -0.2) is 27.3 Å². The van der Waals surface area contributed by atoms with E-state index in [0.717, 1.165) is 22.8 Å². The first-order chi connectivity index (χ1) is 7.22. The molecule has 1 saturated heterocycles. The molecule has 0 radical (unpaired) electrons. The van der Waals surface area contributed by atoms with Gasteiger partial charge in [0, 0.05) is 35.4 Å². The summed E-state index contributed by atoms with van der Waals surface area (Å²) in [7, 11) is 0. The summed E-state index contributed by atoms with van der Waals surface area (Å²) in [5.41, 5.74) is 0. The first-order valence-electron chi connectivity index (χ1n) is 5.38. The molecule has 1 aliphatic heterocycles. The maximum absolute atomic E-state index is 4.60. The molecule has 2 rings (SSSR count). The number of hydrogen-bond donors (Lipinski definition) is 0. The van der Waals surface area contributed by atoms with Crippen molar-refractivity contribution in [3.63, 3.8) is 0 Å². The van der Waals surface area contributed by atoms with Crippen molar-refractivity contribution >= 4 is 32.6 Å². The molecule has 84 valence electrons. The highest BCUT2D eigenvalue weighted by molar-refractivity contribution is 9.09. The maximum atomic E-state index is 4.60. The highest BCUT2D eigenvalue weighted by Gasteiger charge is 2.26. The van der Waals surface area contributed by atoms with Crippen LogP contribution in [0.4, 0.5) is 5.13 Å². The van der Waals surface area contributed by atoms with E-state index in [2.05, 4.69) is 44.0 Å². The largest absolute Gasteiger partial charge is 0.343 e. The van der Waals surface area contributed by atoms with Gasteiger partial charge in [0.2, 0.25) is 5.13 Å². The minimum absolute atomic E-state index is 0.431. The average molecular weight is 290 g/mol. The standard InChI is InChI=1S/C10H16BrN3S/c1-7(2)9-12-10(15-13-9)14-5-3-4-8(14)6-11/h7-8H,3-6H2,1-2H3. The Hall–Kier alpha value is -0.160. The molecular formula is C10H16BrN3S. The number of anilines is 1.